The standard InChI is InChI=1S/C16H16FN3/c1-2-18-10-12-7-8-20-11-15(19-16(20)9-12)13-3-5-14(17)6-4-13/h3-9,11,18H,2,10H2,1H3. The number of halogens is 1. The van der Waals surface area contributed by atoms with Crippen molar-refractivity contribution in [3.05, 3.63) is 60.2 Å². The molecule has 0 unspecified atom stereocenters. The number of rotatable bonds is 4. The molecule has 1 N–H and O–H groups in total. The van der Waals surface area contributed by atoms with E-state index in [2.05, 4.69) is 29.4 Å². The van der Waals surface area contributed by atoms with Crippen LogP contribution in [0.25, 0.3) is 16.9 Å². The Morgan fingerprint density at radius 3 is 2.75 bits per heavy atom. The van der Waals surface area contributed by atoms with E-state index in [1.165, 1.54) is 17.7 Å². The fourth-order valence-electron chi connectivity index (χ4n) is 2.16. The summed E-state index contributed by atoms with van der Waals surface area (Å²) in [6, 6.07) is 10.5. The van der Waals surface area contributed by atoms with Gasteiger partial charge in [0, 0.05) is 24.5 Å². The summed E-state index contributed by atoms with van der Waals surface area (Å²) in [4.78, 5) is 4.59. The van der Waals surface area contributed by atoms with Gasteiger partial charge in [-0.25, -0.2) is 9.37 Å². The number of pyridine rings is 1. The zero-order chi connectivity index (χ0) is 13.9. The molecular weight excluding hydrogens is 253 g/mol. The van der Waals surface area contributed by atoms with Crippen LogP contribution in [0.5, 0.6) is 0 Å². The Labute approximate surface area is 117 Å². The van der Waals surface area contributed by atoms with Gasteiger partial charge in [0.1, 0.15) is 11.5 Å². The first-order valence-electron chi connectivity index (χ1n) is 6.70. The van der Waals surface area contributed by atoms with Crippen molar-refractivity contribution < 1.29 is 4.39 Å². The third-order valence-electron chi connectivity index (χ3n) is 3.24. The van der Waals surface area contributed by atoms with Crippen LogP contribution in [0.3, 0.4) is 0 Å². The molecule has 20 heavy (non-hydrogen) atoms. The first-order chi connectivity index (χ1) is 9.76. The molecule has 2 heterocycles. The van der Waals surface area contributed by atoms with Gasteiger partial charge in [0.2, 0.25) is 0 Å². The molecule has 102 valence electrons. The maximum absolute atomic E-state index is 12.9. The molecule has 0 aliphatic rings. The van der Waals surface area contributed by atoms with E-state index >= 15 is 0 Å². The summed E-state index contributed by atoms with van der Waals surface area (Å²) < 4.78 is 14.9. The van der Waals surface area contributed by atoms with Crippen molar-refractivity contribution in [3.8, 4) is 11.3 Å². The van der Waals surface area contributed by atoms with E-state index in [-0.39, 0.29) is 5.82 Å². The number of hydrogen-bond donors (Lipinski definition) is 1. The Hall–Kier alpha value is -2.20. The highest BCUT2D eigenvalue weighted by atomic mass is 19.1. The zero-order valence-electron chi connectivity index (χ0n) is 11.3. The van der Waals surface area contributed by atoms with E-state index in [0.717, 1.165) is 30.0 Å². The first-order valence-corrected chi connectivity index (χ1v) is 6.70. The number of benzene rings is 1. The molecular formula is C16H16FN3. The van der Waals surface area contributed by atoms with Crippen molar-refractivity contribution in [2.75, 3.05) is 6.54 Å². The predicted molar refractivity (Wildman–Crippen MR) is 78.0 cm³/mol. The van der Waals surface area contributed by atoms with Gasteiger partial charge in [0.05, 0.1) is 5.69 Å². The second-order valence-electron chi connectivity index (χ2n) is 4.71. The molecule has 0 aliphatic carbocycles. The van der Waals surface area contributed by atoms with Crippen LogP contribution in [0.15, 0.2) is 48.8 Å². The predicted octanol–water partition coefficient (Wildman–Crippen LogP) is 3.25. The number of nitrogens with one attached hydrogen (secondary N) is 1. The van der Waals surface area contributed by atoms with Crippen LogP contribution in [-0.4, -0.2) is 15.9 Å². The van der Waals surface area contributed by atoms with E-state index in [9.17, 15) is 4.39 Å². The molecule has 0 saturated carbocycles. The Balaban J connectivity index is 1.95. The van der Waals surface area contributed by atoms with E-state index in [1.807, 2.05) is 16.8 Å². The quantitative estimate of drug-likeness (QED) is 0.787. The van der Waals surface area contributed by atoms with Gasteiger partial charge in [0.15, 0.2) is 0 Å². The highest BCUT2D eigenvalue weighted by Gasteiger charge is 2.05. The van der Waals surface area contributed by atoms with E-state index in [4.69, 9.17) is 0 Å². The third-order valence-corrected chi connectivity index (χ3v) is 3.24. The van der Waals surface area contributed by atoms with Gasteiger partial charge in [-0.1, -0.05) is 6.92 Å². The molecule has 4 heteroatoms. The lowest BCUT2D eigenvalue weighted by molar-refractivity contribution is 0.628. The highest BCUT2D eigenvalue weighted by Crippen LogP contribution is 2.20. The fraction of sp³-hybridized carbons (Fsp3) is 0.188. The Bertz CT molecular complexity index is 716. The topological polar surface area (TPSA) is 29.3 Å². The second kappa shape index (κ2) is 5.43. The lowest BCUT2D eigenvalue weighted by Crippen LogP contribution is -2.11. The molecule has 3 nitrogen and oxygen atoms in total. The largest absolute Gasteiger partial charge is 0.313 e. The minimum atomic E-state index is -0.231. The SMILES string of the molecule is CCNCc1ccn2cc(-c3ccc(F)cc3)nc2c1. The van der Waals surface area contributed by atoms with Gasteiger partial charge in [-0.3, -0.25) is 0 Å². The normalized spacial score (nSPS) is 11.1. The summed E-state index contributed by atoms with van der Waals surface area (Å²) in [6.45, 7) is 3.87. The maximum Gasteiger partial charge on any atom is 0.137 e. The molecule has 0 spiro atoms. The number of imidazole rings is 1. The molecule has 0 radical (unpaired) electrons. The Kier molecular flexibility index (Phi) is 3.48. The molecule has 1 aromatic carbocycles. The summed E-state index contributed by atoms with van der Waals surface area (Å²) in [5, 5.41) is 3.30. The molecule has 0 aliphatic heterocycles. The minimum Gasteiger partial charge on any atom is -0.313 e. The van der Waals surface area contributed by atoms with Gasteiger partial charge in [-0.15, -0.1) is 0 Å². The average molecular weight is 269 g/mol. The van der Waals surface area contributed by atoms with Crippen LogP contribution < -0.4 is 5.32 Å². The summed E-state index contributed by atoms with van der Waals surface area (Å²) >= 11 is 0. The molecule has 3 aromatic rings. The fourth-order valence-corrected chi connectivity index (χ4v) is 2.16. The van der Waals surface area contributed by atoms with Crippen molar-refractivity contribution in [2.45, 2.75) is 13.5 Å². The molecule has 0 atom stereocenters. The summed E-state index contributed by atoms with van der Waals surface area (Å²) in [6.07, 6.45) is 3.96. The van der Waals surface area contributed by atoms with Gasteiger partial charge in [0.25, 0.3) is 0 Å². The van der Waals surface area contributed by atoms with E-state index in [1.54, 1.807) is 12.1 Å². The highest BCUT2D eigenvalue weighted by molar-refractivity contribution is 5.62. The molecule has 0 fully saturated rings. The number of aromatic nitrogens is 2. The lowest BCUT2D eigenvalue weighted by Gasteiger charge is -2.01. The number of fused-ring (bicyclic) bond motifs is 1. The van der Waals surface area contributed by atoms with E-state index in [0.29, 0.717) is 0 Å². The Morgan fingerprint density at radius 2 is 2.00 bits per heavy atom. The molecule has 0 amide bonds. The molecule has 0 saturated heterocycles. The van der Waals surface area contributed by atoms with Crippen molar-refractivity contribution in [1.29, 1.82) is 0 Å². The molecule has 3 rings (SSSR count). The van der Waals surface area contributed by atoms with Crippen LogP contribution in [0.1, 0.15) is 12.5 Å². The Morgan fingerprint density at radius 1 is 1.20 bits per heavy atom. The van der Waals surface area contributed by atoms with Gasteiger partial charge < -0.3 is 9.72 Å². The minimum absolute atomic E-state index is 0.231. The van der Waals surface area contributed by atoms with Crippen molar-refractivity contribution >= 4 is 5.65 Å². The number of nitrogens with zero attached hydrogens (tertiary/aromatic N) is 2. The summed E-state index contributed by atoms with van der Waals surface area (Å²) in [5.74, 6) is -0.231. The van der Waals surface area contributed by atoms with Crippen LogP contribution in [0, 0.1) is 5.82 Å². The smallest absolute Gasteiger partial charge is 0.137 e. The average Bonchev–Trinajstić information content (AvgIpc) is 2.89. The van der Waals surface area contributed by atoms with Crippen LogP contribution in [-0.2, 0) is 6.54 Å². The van der Waals surface area contributed by atoms with Crippen LogP contribution >= 0.6 is 0 Å². The van der Waals surface area contributed by atoms with Crippen molar-refractivity contribution in [1.82, 2.24) is 14.7 Å². The van der Waals surface area contributed by atoms with Crippen LogP contribution in [0.2, 0.25) is 0 Å². The van der Waals surface area contributed by atoms with Crippen molar-refractivity contribution in [3.63, 3.8) is 0 Å². The summed E-state index contributed by atoms with van der Waals surface area (Å²) in [5.41, 5.74) is 3.88. The molecule has 0 bridgehead atoms. The lowest BCUT2D eigenvalue weighted by atomic mass is 10.2. The van der Waals surface area contributed by atoms with Gasteiger partial charge in [-0.2, -0.15) is 0 Å². The van der Waals surface area contributed by atoms with Gasteiger partial charge >= 0.3 is 0 Å². The maximum atomic E-state index is 12.9. The monoisotopic (exact) mass is 269 g/mol. The number of hydrogen-bond acceptors (Lipinski definition) is 2. The van der Waals surface area contributed by atoms with Gasteiger partial charge in [-0.05, 0) is 48.5 Å². The second-order valence-corrected chi connectivity index (χ2v) is 4.71. The van der Waals surface area contributed by atoms with Crippen molar-refractivity contribution in [2.24, 2.45) is 0 Å². The van der Waals surface area contributed by atoms with Crippen LogP contribution in [0.4, 0.5) is 4.39 Å². The zero-order valence-corrected chi connectivity index (χ0v) is 11.3. The summed E-state index contributed by atoms with van der Waals surface area (Å²) in [7, 11) is 0. The van der Waals surface area contributed by atoms with E-state index < -0.39 is 0 Å². The third kappa shape index (κ3) is 2.56. The molecule has 2 aromatic heterocycles. The first kappa shape index (κ1) is 12.8.